The molecule has 3 aromatic rings. The minimum absolute atomic E-state index is 0.0571. The van der Waals surface area contributed by atoms with Crippen molar-refractivity contribution in [1.82, 2.24) is 9.88 Å². The second-order valence-electron chi connectivity index (χ2n) is 6.71. The highest BCUT2D eigenvalue weighted by atomic mass is 35.5. The number of halogens is 1. The van der Waals surface area contributed by atoms with Gasteiger partial charge in [-0.3, -0.25) is 9.59 Å². The molecule has 2 aromatic carbocycles. The van der Waals surface area contributed by atoms with Gasteiger partial charge in [0.1, 0.15) is 17.4 Å². The van der Waals surface area contributed by atoms with Gasteiger partial charge < -0.3 is 14.6 Å². The Bertz CT molecular complexity index is 1080. The number of benzene rings is 2. The third kappa shape index (κ3) is 3.30. The highest BCUT2D eigenvalue weighted by molar-refractivity contribution is 6.35. The average Bonchev–Trinajstić information content (AvgIpc) is 2.66. The van der Waals surface area contributed by atoms with Crippen LogP contribution in [-0.2, 0) is 13.0 Å². The van der Waals surface area contributed by atoms with Gasteiger partial charge in [-0.25, -0.2) is 0 Å². The number of pyridine rings is 1. The van der Waals surface area contributed by atoms with Crippen LogP contribution in [0.25, 0.3) is 10.9 Å². The zero-order chi connectivity index (χ0) is 19.0. The predicted molar refractivity (Wildman–Crippen MR) is 106 cm³/mol. The molecule has 0 fully saturated rings. The number of carbonyl (C=O) groups is 1. The van der Waals surface area contributed by atoms with Crippen LogP contribution >= 0.6 is 11.6 Å². The third-order valence-corrected chi connectivity index (χ3v) is 5.02. The normalized spacial score (nSPS) is 15.4. The lowest BCUT2D eigenvalue weighted by Crippen LogP contribution is -2.33. The summed E-state index contributed by atoms with van der Waals surface area (Å²) in [5.74, 6) is 0.225. The topological polar surface area (TPSA) is 60.3 Å². The number of ether oxygens (including phenoxy) is 1. The van der Waals surface area contributed by atoms with Crippen molar-refractivity contribution in [1.29, 1.82) is 0 Å². The molecule has 2 heterocycles. The van der Waals surface area contributed by atoms with Gasteiger partial charge in [0.2, 0.25) is 5.43 Å². The fraction of sp³-hybridized carbons (Fsp3) is 0.238. The molecule has 4 rings (SSSR count). The molecule has 0 radical (unpaired) electrons. The van der Waals surface area contributed by atoms with Crippen LogP contribution in [0.15, 0.2) is 53.5 Å². The first kappa shape index (κ1) is 17.6. The largest absolute Gasteiger partial charge is 0.487 e. The summed E-state index contributed by atoms with van der Waals surface area (Å²) in [4.78, 5) is 25.6. The number of hydrogen-bond acceptors (Lipinski definition) is 3. The van der Waals surface area contributed by atoms with Crippen LogP contribution in [-0.4, -0.2) is 23.1 Å². The van der Waals surface area contributed by atoms with E-state index >= 15 is 0 Å². The monoisotopic (exact) mass is 382 g/mol. The molecule has 6 heteroatoms. The molecule has 5 nitrogen and oxygen atoms in total. The van der Waals surface area contributed by atoms with Gasteiger partial charge in [-0.2, -0.15) is 0 Å². The van der Waals surface area contributed by atoms with Gasteiger partial charge in [-0.05, 0) is 31.0 Å². The molecule has 1 N–H and O–H groups in total. The molecule has 1 aromatic heterocycles. The van der Waals surface area contributed by atoms with E-state index in [4.69, 9.17) is 16.3 Å². The van der Waals surface area contributed by atoms with E-state index in [2.05, 4.69) is 5.32 Å². The van der Waals surface area contributed by atoms with Crippen LogP contribution < -0.4 is 15.5 Å². The van der Waals surface area contributed by atoms with Gasteiger partial charge in [0.15, 0.2) is 0 Å². The molecule has 0 bridgehead atoms. The van der Waals surface area contributed by atoms with E-state index in [9.17, 15) is 9.59 Å². The van der Waals surface area contributed by atoms with Crippen LogP contribution in [0.2, 0.25) is 5.02 Å². The summed E-state index contributed by atoms with van der Waals surface area (Å²) in [7, 11) is 0. The molecule has 27 heavy (non-hydrogen) atoms. The van der Waals surface area contributed by atoms with Crippen molar-refractivity contribution in [2.45, 2.75) is 26.0 Å². The summed E-state index contributed by atoms with van der Waals surface area (Å²) < 4.78 is 7.70. The lowest BCUT2D eigenvalue weighted by atomic mass is 10.1. The van der Waals surface area contributed by atoms with Crippen molar-refractivity contribution in [3.8, 4) is 5.75 Å². The Morgan fingerprint density at radius 1 is 1.26 bits per heavy atom. The van der Waals surface area contributed by atoms with E-state index in [1.807, 2.05) is 41.8 Å². The minimum atomic E-state index is -0.387. The fourth-order valence-electron chi connectivity index (χ4n) is 3.45. The maximum Gasteiger partial charge on any atom is 0.256 e. The number of nitrogens with zero attached hydrogens (tertiary/aromatic N) is 1. The maximum atomic E-state index is 12.9. The second-order valence-corrected chi connectivity index (χ2v) is 7.12. The zero-order valence-electron chi connectivity index (χ0n) is 14.9. The molecule has 1 amide bonds. The summed E-state index contributed by atoms with van der Waals surface area (Å²) in [6, 6.07) is 13.3. The SMILES string of the molecule is CC1Cn2cc(C(=O)NCCc3ccccc3)c(=O)c3c(Cl)ccc(c32)O1. The van der Waals surface area contributed by atoms with Crippen LogP contribution in [0, 0.1) is 0 Å². The molecule has 0 aliphatic carbocycles. The lowest BCUT2D eigenvalue weighted by Gasteiger charge is -2.26. The van der Waals surface area contributed by atoms with Crippen molar-refractivity contribution in [2.75, 3.05) is 6.54 Å². The van der Waals surface area contributed by atoms with Crippen LogP contribution in [0.3, 0.4) is 0 Å². The van der Waals surface area contributed by atoms with Crippen molar-refractivity contribution in [2.24, 2.45) is 0 Å². The van der Waals surface area contributed by atoms with E-state index < -0.39 is 0 Å². The van der Waals surface area contributed by atoms with Crippen molar-refractivity contribution >= 4 is 28.4 Å². The summed E-state index contributed by atoms with van der Waals surface area (Å²) in [5, 5.41) is 3.50. The van der Waals surface area contributed by atoms with Crippen LogP contribution in [0.1, 0.15) is 22.8 Å². The first-order chi connectivity index (χ1) is 13.0. The van der Waals surface area contributed by atoms with Gasteiger partial charge in [-0.1, -0.05) is 41.9 Å². The van der Waals surface area contributed by atoms with E-state index in [1.54, 1.807) is 18.3 Å². The number of aromatic nitrogens is 1. The Labute approximate surface area is 161 Å². The second kappa shape index (κ2) is 7.08. The number of rotatable bonds is 4. The Morgan fingerprint density at radius 3 is 2.81 bits per heavy atom. The van der Waals surface area contributed by atoms with Crippen molar-refractivity contribution in [3.63, 3.8) is 0 Å². The Balaban J connectivity index is 1.66. The Kier molecular flexibility index (Phi) is 4.62. The van der Waals surface area contributed by atoms with Crippen LogP contribution in [0.5, 0.6) is 5.75 Å². The molecule has 1 atom stereocenters. The quantitative estimate of drug-likeness (QED) is 0.752. The molecule has 138 valence electrons. The number of carbonyl (C=O) groups excluding carboxylic acids is 1. The number of hydrogen-bond donors (Lipinski definition) is 1. The van der Waals surface area contributed by atoms with Crippen molar-refractivity contribution in [3.05, 3.63) is 75.0 Å². The van der Waals surface area contributed by atoms with E-state index in [0.29, 0.717) is 41.2 Å². The first-order valence-electron chi connectivity index (χ1n) is 8.89. The highest BCUT2D eigenvalue weighted by Crippen LogP contribution is 2.33. The standard InChI is InChI=1S/C21H19ClN2O3/c1-13-11-24-12-15(21(26)23-10-9-14-5-3-2-4-6-14)20(25)18-16(22)7-8-17(27-13)19(18)24/h2-8,12-13H,9-11H2,1H3,(H,23,26). The van der Waals surface area contributed by atoms with E-state index in [0.717, 1.165) is 5.56 Å². The predicted octanol–water partition coefficient (Wildman–Crippen LogP) is 3.41. The lowest BCUT2D eigenvalue weighted by molar-refractivity contribution is 0.0951. The highest BCUT2D eigenvalue weighted by Gasteiger charge is 2.24. The Morgan fingerprint density at radius 2 is 2.04 bits per heavy atom. The summed E-state index contributed by atoms with van der Waals surface area (Å²) in [6.45, 7) is 2.95. The number of amides is 1. The molecule has 0 saturated heterocycles. The number of nitrogens with one attached hydrogen (secondary N) is 1. The van der Waals surface area contributed by atoms with E-state index in [1.165, 1.54) is 0 Å². The molecular weight excluding hydrogens is 364 g/mol. The van der Waals surface area contributed by atoms with Crippen LogP contribution in [0.4, 0.5) is 0 Å². The zero-order valence-corrected chi connectivity index (χ0v) is 15.6. The van der Waals surface area contributed by atoms with Crippen molar-refractivity contribution < 1.29 is 9.53 Å². The fourth-order valence-corrected chi connectivity index (χ4v) is 3.69. The molecule has 0 saturated carbocycles. The molecule has 1 unspecified atom stereocenters. The molecule has 1 aliphatic heterocycles. The third-order valence-electron chi connectivity index (χ3n) is 4.70. The van der Waals surface area contributed by atoms with Gasteiger partial charge in [0.25, 0.3) is 5.91 Å². The average molecular weight is 383 g/mol. The summed E-state index contributed by atoms with van der Waals surface area (Å²) in [6.07, 6.45) is 2.25. The van der Waals surface area contributed by atoms with Gasteiger partial charge in [0.05, 0.1) is 22.5 Å². The smallest absolute Gasteiger partial charge is 0.256 e. The van der Waals surface area contributed by atoms with Gasteiger partial charge in [-0.15, -0.1) is 0 Å². The molecular formula is C21H19ClN2O3. The molecule has 1 aliphatic rings. The summed E-state index contributed by atoms with van der Waals surface area (Å²) in [5.41, 5.74) is 1.50. The minimum Gasteiger partial charge on any atom is -0.487 e. The van der Waals surface area contributed by atoms with Gasteiger partial charge in [0, 0.05) is 12.7 Å². The molecule has 0 spiro atoms. The maximum absolute atomic E-state index is 12.9. The van der Waals surface area contributed by atoms with Gasteiger partial charge >= 0.3 is 0 Å². The Hall–Kier alpha value is -2.79. The summed E-state index contributed by atoms with van der Waals surface area (Å²) >= 11 is 6.28. The van der Waals surface area contributed by atoms with E-state index in [-0.39, 0.29) is 23.0 Å². The first-order valence-corrected chi connectivity index (χ1v) is 9.27.